The summed E-state index contributed by atoms with van der Waals surface area (Å²) >= 11 is 5.77. The van der Waals surface area contributed by atoms with Crippen molar-refractivity contribution in [3.8, 4) is 0 Å². The summed E-state index contributed by atoms with van der Waals surface area (Å²) < 4.78 is 0. The predicted molar refractivity (Wildman–Crippen MR) is 47.0 cm³/mol. The molecular formula is C7H13ClN4. The topological polar surface area (TPSA) is 43.6 Å². The average Bonchev–Trinajstić information content (AvgIpc) is 2.35. The monoisotopic (exact) mass is 188 g/mol. The fourth-order valence-corrected chi connectivity index (χ4v) is 0.964. The summed E-state index contributed by atoms with van der Waals surface area (Å²) in [7, 11) is 1.75. The zero-order chi connectivity index (χ0) is 9.19. The molecule has 0 atom stereocenters. The highest BCUT2D eigenvalue weighted by atomic mass is 35.5. The van der Waals surface area contributed by atoms with Crippen molar-refractivity contribution in [2.24, 2.45) is 12.5 Å². The Labute approximate surface area is 76.9 Å². The van der Waals surface area contributed by atoms with Crippen molar-refractivity contribution in [2.75, 3.05) is 5.88 Å². The van der Waals surface area contributed by atoms with Crippen molar-refractivity contribution in [2.45, 2.75) is 20.3 Å². The lowest BCUT2D eigenvalue weighted by atomic mass is 9.92. The van der Waals surface area contributed by atoms with Crippen LogP contribution in [-0.4, -0.2) is 26.1 Å². The van der Waals surface area contributed by atoms with Gasteiger partial charge in [0.25, 0.3) is 0 Å². The molecule has 0 unspecified atom stereocenters. The van der Waals surface area contributed by atoms with Crippen LogP contribution < -0.4 is 0 Å². The third-order valence-electron chi connectivity index (χ3n) is 1.55. The van der Waals surface area contributed by atoms with Gasteiger partial charge < -0.3 is 0 Å². The minimum atomic E-state index is 0.0462. The molecule has 0 saturated carbocycles. The van der Waals surface area contributed by atoms with Crippen LogP contribution >= 0.6 is 11.6 Å². The first-order valence-corrected chi connectivity index (χ1v) is 4.36. The zero-order valence-electron chi connectivity index (χ0n) is 7.58. The normalized spacial score (nSPS) is 12.0. The highest BCUT2D eigenvalue weighted by Crippen LogP contribution is 2.20. The number of hydrogen-bond donors (Lipinski definition) is 0. The predicted octanol–water partition coefficient (Wildman–Crippen LogP) is 1.02. The Balaban J connectivity index is 2.63. The van der Waals surface area contributed by atoms with Crippen molar-refractivity contribution >= 4 is 11.6 Å². The average molecular weight is 189 g/mol. The van der Waals surface area contributed by atoms with Gasteiger partial charge in [0.15, 0.2) is 5.82 Å². The molecule has 5 heteroatoms. The van der Waals surface area contributed by atoms with Gasteiger partial charge in [-0.05, 0) is 10.6 Å². The molecule has 0 N–H and O–H groups in total. The molecule has 0 bridgehead atoms. The molecule has 0 aliphatic carbocycles. The van der Waals surface area contributed by atoms with Gasteiger partial charge >= 0.3 is 0 Å². The maximum Gasteiger partial charge on any atom is 0.175 e. The van der Waals surface area contributed by atoms with Crippen LogP contribution in [0, 0.1) is 5.41 Å². The summed E-state index contributed by atoms with van der Waals surface area (Å²) in [4.78, 5) is 1.46. The maximum absolute atomic E-state index is 5.77. The Hall–Kier alpha value is -0.640. The molecule has 4 nitrogen and oxygen atoms in total. The van der Waals surface area contributed by atoms with E-state index >= 15 is 0 Å². The van der Waals surface area contributed by atoms with Crippen molar-refractivity contribution in [3.05, 3.63) is 5.82 Å². The van der Waals surface area contributed by atoms with Gasteiger partial charge in [0, 0.05) is 12.3 Å². The van der Waals surface area contributed by atoms with E-state index in [0.717, 1.165) is 12.2 Å². The molecule has 1 aromatic heterocycles. The van der Waals surface area contributed by atoms with E-state index in [1.807, 2.05) is 0 Å². The zero-order valence-corrected chi connectivity index (χ0v) is 8.34. The Morgan fingerprint density at radius 1 is 1.50 bits per heavy atom. The van der Waals surface area contributed by atoms with Gasteiger partial charge in [-0.1, -0.05) is 13.8 Å². The second kappa shape index (κ2) is 3.39. The lowest BCUT2D eigenvalue weighted by Gasteiger charge is -2.18. The molecule has 0 radical (unpaired) electrons. The molecule has 0 aliphatic heterocycles. The number of aromatic nitrogens is 4. The van der Waals surface area contributed by atoms with Gasteiger partial charge in [0.1, 0.15) is 0 Å². The van der Waals surface area contributed by atoms with Gasteiger partial charge in [0.2, 0.25) is 0 Å². The minimum Gasteiger partial charge on any atom is -0.167 e. The first kappa shape index (κ1) is 9.45. The van der Waals surface area contributed by atoms with Gasteiger partial charge in [-0.2, -0.15) is 4.80 Å². The molecule has 0 spiro atoms. The smallest absolute Gasteiger partial charge is 0.167 e. The van der Waals surface area contributed by atoms with Crippen LogP contribution in [0.3, 0.4) is 0 Å². The summed E-state index contributed by atoms with van der Waals surface area (Å²) in [6, 6.07) is 0. The van der Waals surface area contributed by atoms with Gasteiger partial charge in [-0.15, -0.1) is 21.8 Å². The van der Waals surface area contributed by atoms with E-state index < -0.39 is 0 Å². The maximum atomic E-state index is 5.77. The van der Waals surface area contributed by atoms with Crippen LogP contribution in [0.15, 0.2) is 0 Å². The van der Waals surface area contributed by atoms with E-state index in [2.05, 4.69) is 29.3 Å². The van der Waals surface area contributed by atoms with E-state index in [9.17, 15) is 0 Å². The van der Waals surface area contributed by atoms with Crippen molar-refractivity contribution in [3.63, 3.8) is 0 Å². The third-order valence-corrected chi connectivity index (χ3v) is 2.27. The summed E-state index contributed by atoms with van der Waals surface area (Å²) in [6.45, 7) is 4.16. The number of nitrogens with zero attached hydrogens (tertiary/aromatic N) is 4. The molecule has 0 aliphatic rings. The lowest BCUT2D eigenvalue weighted by Crippen LogP contribution is -2.17. The Morgan fingerprint density at radius 3 is 2.58 bits per heavy atom. The van der Waals surface area contributed by atoms with Crippen molar-refractivity contribution < 1.29 is 0 Å². The van der Waals surface area contributed by atoms with Crippen molar-refractivity contribution in [1.82, 2.24) is 20.2 Å². The molecule has 1 rings (SSSR count). The van der Waals surface area contributed by atoms with Crippen LogP contribution in [0.1, 0.15) is 19.7 Å². The largest absolute Gasteiger partial charge is 0.175 e. The second-order valence-electron chi connectivity index (χ2n) is 3.67. The summed E-state index contributed by atoms with van der Waals surface area (Å²) in [5.74, 6) is 1.36. The highest BCUT2D eigenvalue weighted by molar-refractivity contribution is 6.18. The van der Waals surface area contributed by atoms with Gasteiger partial charge in [-0.25, -0.2) is 0 Å². The summed E-state index contributed by atoms with van der Waals surface area (Å²) in [5.41, 5.74) is 0.0462. The minimum absolute atomic E-state index is 0.0462. The molecule has 0 fully saturated rings. The molecule has 0 saturated heterocycles. The van der Waals surface area contributed by atoms with Crippen LogP contribution in [0.25, 0.3) is 0 Å². The lowest BCUT2D eigenvalue weighted by molar-refractivity contribution is 0.406. The van der Waals surface area contributed by atoms with Crippen LogP contribution in [0.5, 0.6) is 0 Å². The van der Waals surface area contributed by atoms with Gasteiger partial charge in [-0.3, -0.25) is 0 Å². The first-order chi connectivity index (χ1) is 5.53. The fourth-order valence-electron chi connectivity index (χ4n) is 0.869. The Morgan fingerprint density at radius 2 is 2.17 bits per heavy atom. The molecule has 1 aromatic rings. The van der Waals surface area contributed by atoms with Gasteiger partial charge in [0.05, 0.1) is 7.05 Å². The molecule has 0 aromatic carbocycles. The Bertz CT molecular complexity index is 256. The van der Waals surface area contributed by atoms with E-state index in [1.54, 1.807) is 7.05 Å². The van der Waals surface area contributed by atoms with E-state index in [-0.39, 0.29) is 5.41 Å². The van der Waals surface area contributed by atoms with E-state index in [1.165, 1.54) is 4.80 Å². The van der Waals surface area contributed by atoms with Crippen LogP contribution in [0.2, 0.25) is 0 Å². The molecule has 12 heavy (non-hydrogen) atoms. The first-order valence-electron chi connectivity index (χ1n) is 3.82. The number of rotatable bonds is 3. The number of tetrazole rings is 1. The molecule has 0 amide bonds. The summed E-state index contributed by atoms with van der Waals surface area (Å²) in [5, 5.41) is 11.7. The third kappa shape index (κ3) is 2.44. The van der Waals surface area contributed by atoms with Crippen molar-refractivity contribution in [1.29, 1.82) is 0 Å². The quantitative estimate of drug-likeness (QED) is 0.666. The number of aryl methyl sites for hydroxylation is 1. The Kier molecular flexibility index (Phi) is 2.67. The standard InChI is InChI=1S/C7H13ClN4/c1-7(2,5-8)4-6-9-11-12(3)10-6/h4-5H2,1-3H3. The number of halogens is 1. The molecular weight excluding hydrogens is 176 g/mol. The summed E-state index contributed by atoms with van der Waals surface area (Å²) in [6.07, 6.45) is 0.768. The van der Waals surface area contributed by atoms with E-state index in [4.69, 9.17) is 11.6 Å². The van der Waals surface area contributed by atoms with Crippen LogP contribution in [-0.2, 0) is 13.5 Å². The molecule has 1 heterocycles. The molecule has 68 valence electrons. The second-order valence-corrected chi connectivity index (χ2v) is 3.94. The highest BCUT2D eigenvalue weighted by Gasteiger charge is 2.19. The number of alkyl halides is 1. The van der Waals surface area contributed by atoms with Crippen LogP contribution in [0.4, 0.5) is 0 Å². The fraction of sp³-hybridized carbons (Fsp3) is 0.857. The SMILES string of the molecule is Cn1nnc(CC(C)(C)CCl)n1. The number of hydrogen-bond acceptors (Lipinski definition) is 3. The van der Waals surface area contributed by atoms with E-state index in [0.29, 0.717) is 5.88 Å².